The summed E-state index contributed by atoms with van der Waals surface area (Å²) in [5.74, 6) is 0.372. The molecule has 4 aromatic rings. The van der Waals surface area contributed by atoms with Gasteiger partial charge in [-0.15, -0.1) is 0 Å². The van der Waals surface area contributed by atoms with Gasteiger partial charge in [0.25, 0.3) is 5.91 Å². The van der Waals surface area contributed by atoms with Crippen molar-refractivity contribution in [2.45, 2.75) is 44.3 Å². The zero-order valence-corrected chi connectivity index (χ0v) is 27.8. The first-order valence-electron chi connectivity index (χ1n) is 16.7. The SMILES string of the molecule is CC(C)(/C=C(\C#N)C(=O)N1CCC(n2nc(-c3ccc(Oc4ccccc4)cc3F)c3c(N)ncnc32)CC1)N1CCN(C2COC2)CC1. The van der Waals surface area contributed by atoms with Crippen molar-refractivity contribution >= 4 is 22.8 Å². The van der Waals surface area contributed by atoms with Gasteiger partial charge < -0.3 is 20.1 Å². The Labute approximate surface area is 284 Å². The number of hydrogen-bond acceptors (Lipinski definition) is 10. The van der Waals surface area contributed by atoms with E-state index in [2.05, 4.69) is 39.7 Å². The minimum atomic E-state index is -0.516. The van der Waals surface area contributed by atoms with E-state index in [-0.39, 0.29) is 28.9 Å². The Balaban J connectivity index is 1.05. The molecule has 3 fully saturated rings. The van der Waals surface area contributed by atoms with Gasteiger partial charge in [0.15, 0.2) is 5.65 Å². The van der Waals surface area contributed by atoms with Gasteiger partial charge in [-0.1, -0.05) is 18.2 Å². The topological polar surface area (TPSA) is 139 Å². The standard InChI is InChI=1S/C36H40FN9O3/c1-36(2,45-16-14-43(15-17-45)26-21-48-22-26)19-24(20-38)35(47)44-12-10-25(11-13-44)46-34-31(33(39)40-23-41-34)32(42-46)29-9-8-28(18-30(29)37)49-27-6-4-3-5-7-27/h3-9,18-19,23,25-26H,10-17,21-22H2,1-2H3,(H2,39,40,41)/b24-19+. The van der Waals surface area contributed by atoms with Crippen LogP contribution in [0, 0.1) is 17.1 Å². The van der Waals surface area contributed by atoms with Crippen LogP contribution in [0.15, 0.2) is 66.5 Å². The normalized spacial score (nSPS) is 18.7. The summed E-state index contributed by atoms with van der Waals surface area (Å²) in [6, 6.07) is 16.4. The molecule has 3 saturated heterocycles. The highest BCUT2D eigenvalue weighted by Gasteiger charge is 2.35. The van der Waals surface area contributed by atoms with Crippen LogP contribution in [0.2, 0.25) is 0 Å². The van der Waals surface area contributed by atoms with Gasteiger partial charge >= 0.3 is 0 Å². The molecule has 2 aromatic carbocycles. The third kappa shape index (κ3) is 6.59. The quantitative estimate of drug-likeness (QED) is 0.213. The summed E-state index contributed by atoms with van der Waals surface area (Å²) >= 11 is 0. The van der Waals surface area contributed by atoms with E-state index < -0.39 is 11.4 Å². The van der Waals surface area contributed by atoms with Crippen molar-refractivity contribution in [3.05, 3.63) is 72.3 Å². The van der Waals surface area contributed by atoms with Gasteiger partial charge in [0.05, 0.1) is 30.7 Å². The monoisotopic (exact) mass is 665 g/mol. The Morgan fingerprint density at radius 1 is 1.02 bits per heavy atom. The first-order valence-corrected chi connectivity index (χ1v) is 16.7. The highest BCUT2D eigenvalue weighted by molar-refractivity contribution is 5.99. The van der Waals surface area contributed by atoms with Crippen LogP contribution in [-0.2, 0) is 9.53 Å². The lowest BCUT2D eigenvalue weighted by Crippen LogP contribution is -2.59. The Kier molecular flexibility index (Phi) is 9.02. The molecule has 7 rings (SSSR count). The molecule has 1 amide bonds. The highest BCUT2D eigenvalue weighted by Crippen LogP contribution is 2.37. The number of carbonyl (C=O) groups is 1. The number of para-hydroxylation sites is 1. The molecule has 0 radical (unpaired) electrons. The molecule has 0 spiro atoms. The molecule has 2 N–H and O–H groups in total. The summed E-state index contributed by atoms with van der Waals surface area (Å²) in [6.45, 7) is 10.2. The van der Waals surface area contributed by atoms with Crippen molar-refractivity contribution in [3.63, 3.8) is 0 Å². The van der Waals surface area contributed by atoms with Crippen molar-refractivity contribution in [1.82, 2.24) is 34.4 Å². The third-order valence-electron chi connectivity index (χ3n) is 9.90. The fraction of sp³-hybridized carbons (Fsp3) is 0.417. The van der Waals surface area contributed by atoms with Gasteiger partial charge in [0, 0.05) is 56.4 Å². The number of ether oxygens (including phenoxy) is 2. The van der Waals surface area contributed by atoms with Gasteiger partial charge in [-0.3, -0.25) is 14.6 Å². The number of nitrogen functional groups attached to an aromatic ring is 1. The molecular formula is C36H40FN9O3. The molecule has 3 aliphatic heterocycles. The number of carbonyl (C=O) groups excluding carboxylic acids is 1. The number of likely N-dealkylation sites (tertiary alicyclic amines) is 1. The Morgan fingerprint density at radius 3 is 2.41 bits per heavy atom. The molecule has 5 heterocycles. The highest BCUT2D eigenvalue weighted by atomic mass is 19.1. The minimum Gasteiger partial charge on any atom is -0.457 e. The van der Waals surface area contributed by atoms with Crippen molar-refractivity contribution in [2.24, 2.45) is 0 Å². The van der Waals surface area contributed by atoms with Crippen LogP contribution in [0.5, 0.6) is 11.5 Å². The molecule has 0 atom stereocenters. The average Bonchev–Trinajstić information content (AvgIpc) is 3.48. The van der Waals surface area contributed by atoms with E-state index in [4.69, 9.17) is 20.3 Å². The van der Waals surface area contributed by atoms with E-state index in [9.17, 15) is 10.1 Å². The maximum Gasteiger partial charge on any atom is 0.264 e. The molecular weight excluding hydrogens is 625 g/mol. The van der Waals surface area contributed by atoms with Crippen molar-refractivity contribution in [2.75, 3.05) is 58.2 Å². The van der Waals surface area contributed by atoms with Gasteiger partial charge in [-0.2, -0.15) is 10.4 Å². The summed E-state index contributed by atoms with van der Waals surface area (Å²) in [5.41, 5.74) is 7.11. The lowest BCUT2D eigenvalue weighted by Gasteiger charge is -2.46. The van der Waals surface area contributed by atoms with Gasteiger partial charge in [0.2, 0.25) is 0 Å². The van der Waals surface area contributed by atoms with Crippen molar-refractivity contribution in [3.8, 4) is 28.8 Å². The lowest BCUT2D eigenvalue weighted by molar-refractivity contribution is -0.128. The number of halogens is 1. The third-order valence-corrected chi connectivity index (χ3v) is 9.90. The molecule has 254 valence electrons. The molecule has 0 saturated carbocycles. The Bertz CT molecular complexity index is 1900. The van der Waals surface area contributed by atoms with Crippen LogP contribution in [-0.4, -0.2) is 104 Å². The summed E-state index contributed by atoms with van der Waals surface area (Å²) in [7, 11) is 0. The second kappa shape index (κ2) is 13.5. The second-order valence-corrected chi connectivity index (χ2v) is 13.4. The number of nitrogens with two attached hydrogens (primary N) is 1. The van der Waals surface area contributed by atoms with Crippen molar-refractivity contribution in [1.29, 1.82) is 5.26 Å². The van der Waals surface area contributed by atoms with Crippen LogP contribution in [0.25, 0.3) is 22.3 Å². The number of piperazine rings is 1. The number of anilines is 1. The molecule has 0 unspecified atom stereocenters. The molecule has 12 nitrogen and oxygen atoms in total. The smallest absolute Gasteiger partial charge is 0.264 e. The van der Waals surface area contributed by atoms with E-state index in [1.165, 1.54) is 12.4 Å². The first kappa shape index (κ1) is 32.6. The summed E-state index contributed by atoms with van der Waals surface area (Å²) in [5, 5.41) is 15.4. The number of piperidine rings is 1. The van der Waals surface area contributed by atoms with Gasteiger partial charge in [0.1, 0.15) is 46.8 Å². The molecule has 3 aliphatic rings. The number of benzene rings is 2. The number of nitriles is 1. The minimum absolute atomic E-state index is 0.123. The van der Waals surface area contributed by atoms with E-state index in [1.807, 2.05) is 24.3 Å². The van der Waals surface area contributed by atoms with Crippen LogP contribution in [0.1, 0.15) is 32.7 Å². The van der Waals surface area contributed by atoms with E-state index in [0.29, 0.717) is 60.2 Å². The molecule has 2 aromatic heterocycles. The van der Waals surface area contributed by atoms with E-state index in [0.717, 1.165) is 39.4 Å². The molecule has 13 heteroatoms. The number of fused-ring (bicyclic) bond motifs is 1. The van der Waals surface area contributed by atoms with Crippen LogP contribution in [0.3, 0.4) is 0 Å². The molecule has 49 heavy (non-hydrogen) atoms. The Hall–Kier alpha value is -4.90. The number of nitrogens with zero attached hydrogens (tertiary/aromatic N) is 8. The van der Waals surface area contributed by atoms with Crippen LogP contribution >= 0.6 is 0 Å². The first-order chi connectivity index (χ1) is 23.7. The van der Waals surface area contributed by atoms with Crippen LogP contribution < -0.4 is 10.5 Å². The van der Waals surface area contributed by atoms with E-state index in [1.54, 1.807) is 33.8 Å². The Morgan fingerprint density at radius 2 is 1.76 bits per heavy atom. The number of amides is 1. The zero-order chi connectivity index (χ0) is 34.1. The number of rotatable bonds is 8. The number of hydrogen-bond donors (Lipinski definition) is 1. The van der Waals surface area contributed by atoms with Gasteiger partial charge in [-0.25, -0.2) is 19.0 Å². The fourth-order valence-corrected chi connectivity index (χ4v) is 6.98. The van der Waals surface area contributed by atoms with Crippen molar-refractivity contribution < 1.29 is 18.7 Å². The molecule has 0 aliphatic carbocycles. The number of aromatic nitrogens is 4. The predicted octanol–water partition coefficient (Wildman–Crippen LogP) is 4.42. The maximum atomic E-state index is 15.6. The summed E-state index contributed by atoms with van der Waals surface area (Å²) < 4.78 is 28.5. The second-order valence-electron chi connectivity index (χ2n) is 13.4. The maximum absolute atomic E-state index is 15.6. The average molecular weight is 666 g/mol. The summed E-state index contributed by atoms with van der Waals surface area (Å²) in [4.78, 5) is 28.8. The molecule has 0 bridgehead atoms. The van der Waals surface area contributed by atoms with E-state index >= 15 is 4.39 Å². The predicted molar refractivity (Wildman–Crippen MR) is 182 cm³/mol. The fourth-order valence-electron chi connectivity index (χ4n) is 6.98. The largest absolute Gasteiger partial charge is 0.457 e. The zero-order valence-electron chi connectivity index (χ0n) is 27.8. The summed E-state index contributed by atoms with van der Waals surface area (Å²) in [6.07, 6.45) is 4.35. The van der Waals surface area contributed by atoms with Crippen LogP contribution in [0.4, 0.5) is 10.2 Å². The lowest BCUT2D eigenvalue weighted by atomic mass is 9.96. The van der Waals surface area contributed by atoms with Gasteiger partial charge in [-0.05, 0) is 57.0 Å².